The van der Waals surface area contributed by atoms with Gasteiger partial charge >= 0.3 is 0 Å². The highest BCUT2D eigenvalue weighted by atomic mass is 16.5. The molecule has 1 unspecified atom stereocenters. The molecule has 6 nitrogen and oxygen atoms in total. The van der Waals surface area contributed by atoms with Crippen LogP contribution < -0.4 is 14.4 Å². The van der Waals surface area contributed by atoms with Crippen LogP contribution in [0.2, 0.25) is 0 Å². The van der Waals surface area contributed by atoms with Crippen molar-refractivity contribution in [1.29, 1.82) is 0 Å². The van der Waals surface area contributed by atoms with Crippen LogP contribution in [-0.4, -0.2) is 43.5 Å². The Kier molecular flexibility index (Phi) is 5.39. The molecule has 0 fully saturated rings. The number of fused-ring (bicyclic) bond motifs is 1. The van der Waals surface area contributed by atoms with Gasteiger partial charge in [-0.15, -0.1) is 0 Å². The van der Waals surface area contributed by atoms with Gasteiger partial charge in [0.25, 0.3) is 11.8 Å². The first kappa shape index (κ1) is 19.5. The highest BCUT2D eigenvalue weighted by Gasteiger charge is 2.34. The predicted octanol–water partition coefficient (Wildman–Crippen LogP) is 3.97. The van der Waals surface area contributed by atoms with Crippen molar-refractivity contribution in [3.63, 3.8) is 0 Å². The molecule has 0 aromatic heterocycles. The molecule has 1 heterocycles. The zero-order chi connectivity index (χ0) is 21.1. The Morgan fingerprint density at radius 3 is 2.23 bits per heavy atom. The van der Waals surface area contributed by atoms with Gasteiger partial charge in [0, 0.05) is 19.7 Å². The number of hydrogen-bond acceptors (Lipinski definition) is 4. The maximum atomic E-state index is 13.3. The van der Waals surface area contributed by atoms with Crippen LogP contribution in [-0.2, 0) is 4.79 Å². The van der Waals surface area contributed by atoms with Crippen LogP contribution in [0, 0.1) is 0 Å². The van der Waals surface area contributed by atoms with Gasteiger partial charge in [0.15, 0.2) is 6.10 Å². The summed E-state index contributed by atoms with van der Waals surface area (Å²) in [6, 6.07) is 23.7. The number of amides is 2. The summed E-state index contributed by atoms with van der Waals surface area (Å²) in [7, 11) is 3.34. The van der Waals surface area contributed by atoms with E-state index in [1.54, 1.807) is 49.3 Å². The summed E-state index contributed by atoms with van der Waals surface area (Å²) >= 11 is 0. The van der Waals surface area contributed by atoms with Gasteiger partial charge in [0.1, 0.15) is 17.2 Å². The first-order valence-corrected chi connectivity index (χ1v) is 9.64. The van der Waals surface area contributed by atoms with Crippen molar-refractivity contribution in [1.82, 2.24) is 4.90 Å². The van der Waals surface area contributed by atoms with Crippen molar-refractivity contribution in [3.8, 4) is 17.2 Å². The van der Waals surface area contributed by atoms with Gasteiger partial charge in [-0.3, -0.25) is 9.59 Å². The first-order valence-electron chi connectivity index (χ1n) is 9.64. The highest BCUT2D eigenvalue weighted by Crippen LogP contribution is 2.34. The summed E-state index contributed by atoms with van der Waals surface area (Å²) in [6.07, 6.45) is -0.750. The Morgan fingerprint density at radius 2 is 1.53 bits per heavy atom. The Balaban J connectivity index is 1.57. The molecule has 2 amide bonds. The first-order chi connectivity index (χ1) is 14.5. The fourth-order valence-electron chi connectivity index (χ4n) is 3.29. The third-order valence-electron chi connectivity index (χ3n) is 4.82. The van der Waals surface area contributed by atoms with Crippen LogP contribution in [0.1, 0.15) is 10.4 Å². The van der Waals surface area contributed by atoms with E-state index in [-0.39, 0.29) is 18.4 Å². The summed E-state index contributed by atoms with van der Waals surface area (Å²) in [5.74, 6) is 1.49. The van der Waals surface area contributed by atoms with Crippen LogP contribution >= 0.6 is 0 Å². The fraction of sp³-hybridized carbons (Fsp3) is 0.167. The number of nitrogens with zero attached hydrogens (tertiary/aromatic N) is 2. The van der Waals surface area contributed by atoms with Gasteiger partial charge in [-0.2, -0.15) is 0 Å². The van der Waals surface area contributed by atoms with Gasteiger partial charge in [0.05, 0.1) is 12.2 Å². The Labute approximate surface area is 175 Å². The number of ether oxygens (including phenoxy) is 2. The monoisotopic (exact) mass is 402 g/mol. The molecule has 0 radical (unpaired) electrons. The Bertz CT molecular complexity index is 1050. The summed E-state index contributed by atoms with van der Waals surface area (Å²) in [4.78, 5) is 28.8. The average molecular weight is 402 g/mol. The van der Waals surface area contributed by atoms with Crippen LogP contribution in [0.5, 0.6) is 17.2 Å². The average Bonchev–Trinajstić information content (AvgIpc) is 2.78. The molecule has 0 N–H and O–H groups in total. The summed E-state index contributed by atoms with van der Waals surface area (Å²) in [5, 5.41) is 0. The van der Waals surface area contributed by atoms with Crippen LogP contribution in [0.15, 0.2) is 78.9 Å². The SMILES string of the molecule is CN(C)C(=O)C1CN(C(=O)c2ccc(Oc3ccccc3)cc2)c2ccccc2O1. The van der Waals surface area contributed by atoms with E-state index in [0.717, 1.165) is 5.75 Å². The number of carbonyl (C=O) groups is 2. The van der Waals surface area contributed by atoms with E-state index in [1.165, 1.54) is 4.90 Å². The predicted molar refractivity (Wildman–Crippen MR) is 114 cm³/mol. The number of carbonyl (C=O) groups excluding carboxylic acids is 2. The lowest BCUT2D eigenvalue weighted by molar-refractivity contribution is -0.135. The van der Waals surface area contributed by atoms with E-state index in [0.29, 0.717) is 22.7 Å². The molecule has 1 aliphatic heterocycles. The molecule has 0 saturated heterocycles. The van der Waals surface area contributed by atoms with Crippen molar-refractivity contribution in [2.45, 2.75) is 6.10 Å². The van der Waals surface area contributed by atoms with E-state index < -0.39 is 6.10 Å². The van der Waals surface area contributed by atoms with E-state index in [1.807, 2.05) is 48.5 Å². The van der Waals surface area contributed by atoms with Gasteiger partial charge in [-0.25, -0.2) is 0 Å². The van der Waals surface area contributed by atoms with Crippen molar-refractivity contribution < 1.29 is 19.1 Å². The van der Waals surface area contributed by atoms with Crippen molar-refractivity contribution >= 4 is 17.5 Å². The second-order valence-corrected chi connectivity index (χ2v) is 7.16. The van der Waals surface area contributed by atoms with E-state index >= 15 is 0 Å². The lowest BCUT2D eigenvalue weighted by atomic mass is 10.1. The zero-order valence-electron chi connectivity index (χ0n) is 16.8. The van der Waals surface area contributed by atoms with Crippen molar-refractivity contribution in [3.05, 3.63) is 84.4 Å². The lowest BCUT2D eigenvalue weighted by Crippen LogP contribution is -2.50. The second-order valence-electron chi connectivity index (χ2n) is 7.16. The number of anilines is 1. The molecular formula is C24H22N2O4. The molecule has 0 aliphatic carbocycles. The summed E-state index contributed by atoms with van der Waals surface area (Å²) in [6.45, 7) is 0.148. The third kappa shape index (κ3) is 3.98. The molecule has 1 aliphatic rings. The molecule has 30 heavy (non-hydrogen) atoms. The molecule has 1 atom stereocenters. The van der Waals surface area contributed by atoms with Crippen LogP contribution in [0.3, 0.4) is 0 Å². The molecular weight excluding hydrogens is 380 g/mol. The smallest absolute Gasteiger partial charge is 0.265 e. The van der Waals surface area contributed by atoms with Crippen LogP contribution in [0.4, 0.5) is 5.69 Å². The quantitative estimate of drug-likeness (QED) is 0.663. The summed E-state index contributed by atoms with van der Waals surface area (Å²) in [5.41, 5.74) is 1.15. The Morgan fingerprint density at radius 1 is 0.900 bits per heavy atom. The van der Waals surface area contributed by atoms with Crippen molar-refractivity contribution in [2.75, 3.05) is 25.5 Å². The number of para-hydroxylation sites is 3. The third-order valence-corrected chi connectivity index (χ3v) is 4.82. The molecule has 152 valence electrons. The van der Waals surface area contributed by atoms with Gasteiger partial charge in [-0.1, -0.05) is 30.3 Å². The lowest BCUT2D eigenvalue weighted by Gasteiger charge is -2.35. The molecule has 4 rings (SSSR count). The molecule has 0 spiro atoms. The van der Waals surface area contributed by atoms with Crippen LogP contribution in [0.25, 0.3) is 0 Å². The van der Waals surface area contributed by atoms with Gasteiger partial charge in [-0.05, 0) is 48.5 Å². The number of likely N-dealkylation sites (N-methyl/N-ethyl adjacent to an activating group) is 1. The number of hydrogen-bond donors (Lipinski definition) is 0. The molecule has 0 saturated carbocycles. The largest absolute Gasteiger partial charge is 0.476 e. The zero-order valence-corrected chi connectivity index (χ0v) is 16.8. The number of benzene rings is 3. The van der Waals surface area contributed by atoms with Crippen molar-refractivity contribution in [2.24, 2.45) is 0 Å². The molecule has 3 aromatic carbocycles. The molecule has 3 aromatic rings. The maximum Gasteiger partial charge on any atom is 0.265 e. The van der Waals surface area contributed by atoms with E-state index in [4.69, 9.17) is 9.47 Å². The molecule has 0 bridgehead atoms. The highest BCUT2D eigenvalue weighted by molar-refractivity contribution is 6.08. The normalized spacial score (nSPS) is 15.0. The minimum Gasteiger partial charge on any atom is -0.476 e. The topological polar surface area (TPSA) is 59.1 Å². The van der Waals surface area contributed by atoms with E-state index in [9.17, 15) is 9.59 Å². The standard InChI is InChI=1S/C24H22N2O4/c1-25(2)24(28)22-16-26(20-10-6-7-11-21(20)30-22)23(27)17-12-14-19(15-13-17)29-18-8-4-3-5-9-18/h3-15,22H,16H2,1-2H3. The minimum absolute atomic E-state index is 0.148. The Hall–Kier alpha value is -3.80. The van der Waals surface area contributed by atoms with Gasteiger partial charge in [0.2, 0.25) is 0 Å². The van der Waals surface area contributed by atoms with Gasteiger partial charge < -0.3 is 19.3 Å². The number of rotatable bonds is 4. The van der Waals surface area contributed by atoms with E-state index in [2.05, 4.69) is 0 Å². The summed E-state index contributed by atoms with van der Waals surface area (Å²) < 4.78 is 11.6. The molecule has 6 heteroatoms. The fourth-order valence-corrected chi connectivity index (χ4v) is 3.29. The maximum absolute atomic E-state index is 13.3. The second kappa shape index (κ2) is 8.29. The minimum atomic E-state index is -0.750.